The Kier molecular flexibility index (Phi) is 2.19. The lowest BCUT2D eigenvalue weighted by Gasteiger charge is -2.01. The number of carboxylic acids is 1. The molecule has 3 N–H and O–H groups in total. The minimum atomic E-state index is -1.28. The van der Waals surface area contributed by atoms with Crippen LogP contribution in [0.15, 0.2) is 12.1 Å². The van der Waals surface area contributed by atoms with E-state index in [-0.39, 0.29) is 17.4 Å². The summed E-state index contributed by atoms with van der Waals surface area (Å²) >= 11 is 0. The molecule has 68 valence electrons. The molecule has 0 saturated carbocycles. The van der Waals surface area contributed by atoms with E-state index in [4.69, 9.17) is 15.3 Å². The highest BCUT2D eigenvalue weighted by molar-refractivity contribution is 5.92. The zero-order valence-electron chi connectivity index (χ0n) is 6.39. The molecular formula is C8H6O5. The van der Waals surface area contributed by atoms with Gasteiger partial charge in [0.05, 0.1) is 11.1 Å². The highest BCUT2D eigenvalue weighted by Crippen LogP contribution is 2.29. The number of benzene rings is 1. The number of aldehydes is 1. The summed E-state index contributed by atoms with van der Waals surface area (Å²) in [6, 6.07) is 1.84. The van der Waals surface area contributed by atoms with Crippen LogP contribution in [-0.4, -0.2) is 27.6 Å². The van der Waals surface area contributed by atoms with Crippen LogP contribution in [-0.2, 0) is 0 Å². The monoisotopic (exact) mass is 182 g/mol. The molecule has 0 spiro atoms. The van der Waals surface area contributed by atoms with Crippen molar-refractivity contribution < 1.29 is 24.9 Å². The molecule has 5 heteroatoms. The van der Waals surface area contributed by atoms with Crippen LogP contribution in [0.25, 0.3) is 0 Å². The predicted octanol–water partition coefficient (Wildman–Crippen LogP) is 0.608. The number of hydrogen-bond acceptors (Lipinski definition) is 4. The van der Waals surface area contributed by atoms with Gasteiger partial charge in [-0.05, 0) is 12.1 Å². The Labute approximate surface area is 72.9 Å². The van der Waals surface area contributed by atoms with Gasteiger partial charge in [-0.1, -0.05) is 0 Å². The first kappa shape index (κ1) is 9.05. The third kappa shape index (κ3) is 1.58. The van der Waals surface area contributed by atoms with Crippen molar-refractivity contribution in [2.45, 2.75) is 0 Å². The van der Waals surface area contributed by atoms with Gasteiger partial charge >= 0.3 is 5.97 Å². The van der Waals surface area contributed by atoms with E-state index in [1.54, 1.807) is 0 Å². The van der Waals surface area contributed by atoms with E-state index in [1.807, 2.05) is 0 Å². The SMILES string of the molecule is O=Cc1cc(C(=O)O)cc(O)c1O. The molecule has 0 aliphatic rings. The van der Waals surface area contributed by atoms with E-state index >= 15 is 0 Å². The molecule has 13 heavy (non-hydrogen) atoms. The Hall–Kier alpha value is -2.04. The van der Waals surface area contributed by atoms with Crippen LogP contribution >= 0.6 is 0 Å². The van der Waals surface area contributed by atoms with Crippen LogP contribution in [0.3, 0.4) is 0 Å². The molecule has 0 saturated heterocycles. The van der Waals surface area contributed by atoms with Crippen LogP contribution in [0.4, 0.5) is 0 Å². The summed E-state index contributed by atoms with van der Waals surface area (Å²) in [6.07, 6.45) is 0.265. The first-order valence-corrected chi connectivity index (χ1v) is 3.30. The number of aromatic hydroxyl groups is 2. The number of phenolic OH excluding ortho intramolecular Hbond substituents is 2. The van der Waals surface area contributed by atoms with E-state index < -0.39 is 17.5 Å². The average Bonchev–Trinajstić information content (AvgIpc) is 2.09. The molecule has 0 amide bonds. The van der Waals surface area contributed by atoms with Crippen LogP contribution in [0.5, 0.6) is 11.5 Å². The molecule has 0 atom stereocenters. The zero-order valence-corrected chi connectivity index (χ0v) is 6.39. The maximum atomic E-state index is 10.4. The van der Waals surface area contributed by atoms with Gasteiger partial charge in [-0.3, -0.25) is 4.79 Å². The quantitative estimate of drug-likeness (QED) is 0.460. The minimum absolute atomic E-state index is 0.252. The fourth-order valence-corrected chi connectivity index (χ4v) is 0.854. The molecule has 0 aliphatic carbocycles. The molecule has 0 aliphatic heterocycles. The molecule has 1 rings (SSSR count). The van der Waals surface area contributed by atoms with E-state index in [2.05, 4.69) is 0 Å². The number of rotatable bonds is 2. The lowest BCUT2D eigenvalue weighted by Crippen LogP contribution is -1.97. The summed E-state index contributed by atoms with van der Waals surface area (Å²) in [5.41, 5.74) is -0.505. The molecule has 0 radical (unpaired) electrons. The molecule has 0 fully saturated rings. The Morgan fingerprint density at radius 2 is 1.92 bits per heavy atom. The van der Waals surface area contributed by atoms with Gasteiger partial charge in [0.1, 0.15) is 0 Å². The normalized spacial score (nSPS) is 9.54. The van der Waals surface area contributed by atoms with Gasteiger partial charge in [0.15, 0.2) is 17.8 Å². The van der Waals surface area contributed by atoms with Crippen LogP contribution in [0.2, 0.25) is 0 Å². The molecule has 0 unspecified atom stereocenters. The van der Waals surface area contributed by atoms with Crippen LogP contribution in [0.1, 0.15) is 20.7 Å². The number of carboxylic acid groups (broad SMARTS) is 1. The molecule has 0 heterocycles. The lowest BCUT2D eigenvalue weighted by molar-refractivity contribution is 0.0696. The van der Waals surface area contributed by atoms with Crippen molar-refractivity contribution in [1.29, 1.82) is 0 Å². The molecule has 0 bridgehead atoms. The average molecular weight is 182 g/mol. The van der Waals surface area contributed by atoms with Gasteiger partial charge in [0, 0.05) is 0 Å². The Morgan fingerprint density at radius 1 is 1.31 bits per heavy atom. The minimum Gasteiger partial charge on any atom is -0.504 e. The number of carbonyl (C=O) groups is 2. The second-order valence-electron chi connectivity index (χ2n) is 2.36. The Balaban J connectivity index is 3.38. The second-order valence-corrected chi connectivity index (χ2v) is 2.36. The van der Waals surface area contributed by atoms with Crippen LogP contribution < -0.4 is 0 Å². The summed E-state index contributed by atoms with van der Waals surface area (Å²) < 4.78 is 0. The largest absolute Gasteiger partial charge is 0.504 e. The van der Waals surface area contributed by atoms with E-state index in [9.17, 15) is 9.59 Å². The highest BCUT2D eigenvalue weighted by Gasteiger charge is 2.12. The first-order valence-electron chi connectivity index (χ1n) is 3.30. The Morgan fingerprint density at radius 3 is 2.38 bits per heavy atom. The van der Waals surface area contributed by atoms with Gasteiger partial charge in [-0.25, -0.2) is 4.79 Å². The van der Waals surface area contributed by atoms with E-state index in [0.717, 1.165) is 12.1 Å². The maximum Gasteiger partial charge on any atom is 0.335 e. The van der Waals surface area contributed by atoms with Gasteiger partial charge in [0.2, 0.25) is 0 Å². The summed E-state index contributed by atoms with van der Waals surface area (Å²) in [5, 5.41) is 26.5. The summed E-state index contributed by atoms with van der Waals surface area (Å²) in [7, 11) is 0. The molecule has 1 aromatic rings. The third-order valence-corrected chi connectivity index (χ3v) is 1.49. The van der Waals surface area contributed by atoms with Crippen molar-refractivity contribution in [3.8, 4) is 11.5 Å². The number of aromatic carboxylic acids is 1. The van der Waals surface area contributed by atoms with Crippen molar-refractivity contribution in [1.82, 2.24) is 0 Å². The van der Waals surface area contributed by atoms with Gasteiger partial charge in [-0.2, -0.15) is 0 Å². The molecule has 0 aromatic heterocycles. The number of carbonyl (C=O) groups excluding carboxylic acids is 1. The summed E-state index contributed by atoms with van der Waals surface area (Å²) in [6.45, 7) is 0. The van der Waals surface area contributed by atoms with Crippen molar-refractivity contribution in [2.24, 2.45) is 0 Å². The fourth-order valence-electron chi connectivity index (χ4n) is 0.854. The van der Waals surface area contributed by atoms with Crippen LogP contribution in [0, 0.1) is 0 Å². The highest BCUT2D eigenvalue weighted by atomic mass is 16.4. The smallest absolute Gasteiger partial charge is 0.335 e. The summed E-state index contributed by atoms with van der Waals surface area (Å²) in [4.78, 5) is 20.7. The fraction of sp³-hybridized carbons (Fsp3) is 0. The van der Waals surface area contributed by atoms with Gasteiger partial charge < -0.3 is 15.3 Å². The lowest BCUT2D eigenvalue weighted by atomic mass is 10.1. The third-order valence-electron chi connectivity index (χ3n) is 1.49. The molecular weight excluding hydrogens is 176 g/mol. The van der Waals surface area contributed by atoms with Crippen molar-refractivity contribution in [3.63, 3.8) is 0 Å². The predicted molar refractivity (Wildman–Crippen MR) is 42.1 cm³/mol. The van der Waals surface area contributed by atoms with Crippen molar-refractivity contribution in [2.75, 3.05) is 0 Å². The summed E-state index contributed by atoms with van der Waals surface area (Å²) in [5.74, 6) is -2.51. The first-order chi connectivity index (χ1) is 6.06. The Bertz CT molecular complexity index is 369. The van der Waals surface area contributed by atoms with Gasteiger partial charge in [-0.15, -0.1) is 0 Å². The number of phenols is 2. The zero-order chi connectivity index (χ0) is 10.0. The van der Waals surface area contributed by atoms with E-state index in [0.29, 0.717) is 0 Å². The van der Waals surface area contributed by atoms with Crippen molar-refractivity contribution in [3.05, 3.63) is 23.3 Å². The standard InChI is InChI=1S/C8H6O5/c9-3-5-1-4(8(12)13)2-6(10)7(5)11/h1-3,10-11H,(H,12,13). The van der Waals surface area contributed by atoms with Crippen molar-refractivity contribution >= 4 is 12.3 Å². The van der Waals surface area contributed by atoms with Gasteiger partial charge in [0.25, 0.3) is 0 Å². The molecule has 5 nitrogen and oxygen atoms in total. The molecule has 1 aromatic carbocycles. The maximum absolute atomic E-state index is 10.4. The topological polar surface area (TPSA) is 94.8 Å². The number of hydrogen-bond donors (Lipinski definition) is 3. The van der Waals surface area contributed by atoms with E-state index in [1.165, 1.54) is 0 Å². The second kappa shape index (κ2) is 3.14.